The van der Waals surface area contributed by atoms with Crippen LogP contribution in [0.2, 0.25) is 5.02 Å². The summed E-state index contributed by atoms with van der Waals surface area (Å²) in [5.41, 5.74) is 3.75. The van der Waals surface area contributed by atoms with E-state index < -0.39 is 11.8 Å². The highest BCUT2D eigenvalue weighted by Gasteiger charge is 2.12. The minimum absolute atomic E-state index is 0.199. The number of hydrogen-bond donors (Lipinski definition) is 2. The largest absolute Gasteiger partial charge is 0.455 e. The Bertz CT molecular complexity index is 970. The molecule has 2 N–H and O–H groups in total. The van der Waals surface area contributed by atoms with Gasteiger partial charge in [0, 0.05) is 29.5 Å². The van der Waals surface area contributed by atoms with Crippen molar-refractivity contribution in [3.63, 3.8) is 0 Å². The highest BCUT2D eigenvalue weighted by atomic mass is 35.5. The number of halogens is 1. The van der Waals surface area contributed by atoms with Gasteiger partial charge >= 0.3 is 11.8 Å². The first-order valence-electron chi connectivity index (χ1n) is 7.98. The quantitative estimate of drug-likeness (QED) is 0.403. The van der Waals surface area contributed by atoms with E-state index in [0.29, 0.717) is 16.5 Å². The van der Waals surface area contributed by atoms with Gasteiger partial charge < -0.3 is 9.73 Å². The summed E-state index contributed by atoms with van der Waals surface area (Å²) in [5.74, 6) is -0.646. The van der Waals surface area contributed by atoms with Crippen molar-refractivity contribution in [3.05, 3.63) is 77.3 Å². The van der Waals surface area contributed by atoms with Crippen molar-refractivity contribution in [2.75, 3.05) is 0 Å². The van der Waals surface area contributed by atoms with Crippen molar-refractivity contribution in [2.24, 2.45) is 5.10 Å². The molecular weight excluding hydrogens is 368 g/mol. The first-order chi connectivity index (χ1) is 13.1. The van der Waals surface area contributed by atoms with Crippen LogP contribution in [0.4, 0.5) is 0 Å². The third-order valence-corrected chi connectivity index (χ3v) is 3.71. The average molecular weight is 383 g/mol. The molecule has 8 heteroatoms. The molecule has 0 radical (unpaired) electrons. The standard InChI is InChI=1S/C19H15ClN4O3/c20-15-5-1-4-14(9-15)17-7-6-16(27-17)12-23-24-19(26)18(25)22-11-13-3-2-8-21-10-13/h1-10,12H,11H2,(H,22,25)(H,24,26). The predicted molar refractivity (Wildman–Crippen MR) is 101 cm³/mol. The summed E-state index contributed by atoms with van der Waals surface area (Å²) in [6.45, 7) is 0.199. The van der Waals surface area contributed by atoms with E-state index in [-0.39, 0.29) is 6.54 Å². The fourth-order valence-electron chi connectivity index (χ4n) is 2.19. The van der Waals surface area contributed by atoms with Crippen LogP contribution in [0.5, 0.6) is 0 Å². The molecule has 136 valence electrons. The number of carbonyl (C=O) groups is 2. The number of furan rings is 1. The van der Waals surface area contributed by atoms with Crippen molar-refractivity contribution in [1.82, 2.24) is 15.7 Å². The molecule has 2 heterocycles. The third-order valence-electron chi connectivity index (χ3n) is 3.48. The highest BCUT2D eigenvalue weighted by molar-refractivity contribution is 6.35. The van der Waals surface area contributed by atoms with E-state index in [1.807, 2.05) is 12.1 Å². The summed E-state index contributed by atoms with van der Waals surface area (Å²) in [6, 6.07) is 14.2. The molecule has 2 amide bonds. The summed E-state index contributed by atoms with van der Waals surface area (Å²) in [5, 5.41) is 6.80. The van der Waals surface area contributed by atoms with Crippen LogP contribution in [0.1, 0.15) is 11.3 Å². The first kappa shape index (κ1) is 18.3. The van der Waals surface area contributed by atoms with Gasteiger partial charge in [-0.2, -0.15) is 5.10 Å². The Balaban J connectivity index is 1.51. The van der Waals surface area contributed by atoms with Gasteiger partial charge in [0.25, 0.3) is 0 Å². The normalized spacial score (nSPS) is 10.7. The van der Waals surface area contributed by atoms with Crippen molar-refractivity contribution in [2.45, 2.75) is 6.54 Å². The molecule has 0 aliphatic carbocycles. The average Bonchev–Trinajstić information content (AvgIpc) is 3.16. The molecule has 3 rings (SSSR count). The van der Waals surface area contributed by atoms with Crippen LogP contribution in [-0.4, -0.2) is 23.0 Å². The Morgan fingerprint density at radius 3 is 2.81 bits per heavy atom. The topological polar surface area (TPSA) is 96.6 Å². The van der Waals surface area contributed by atoms with E-state index in [0.717, 1.165) is 11.1 Å². The van der Waals surface area contributed by atoms with E-state index in [4.69, 9.17) is 16.0 Å². The second-order valence-electron chi connectivity index (χ2n) is 5.46. The minimum Gasteiger partial charge on any atom is -0.455 e. The summed E-state index contributed by atoms with van der Waals surface area (Å²) < 4.78 is 5.61. The van der Waals surface area contributed by atoms with Gasteiger partial charge in [0.05, 0.1) is 6.21 Å². The zero-order chi connectivity index (χ0) is 19.1. The summed E-state index contributed by atoms with van der Waals surface area (Å²) in [6.07, 6.45) is 4.53. The van der Waals surface area contributed by atoms with E-state index in [2.05, 4.69) is 20.8 Å². The number of carbonyl (C=O) groups excluding carboxylic acids is 2. The zero-order valence-corrected chi connectivity index (χ0v) is 14.8. The van der Waals surface area contributed by atoms with E-state index >= 15 is 0 Å². The van der Waals surface area contributed by atoms with Crippen LogP contribution in [0.25, 0.3) is 11.3 Å². The molecule has 1 aromatic carbocycles. The molecule has 0 saturated carbocycles. The van der Waals surface area contributed by atoms with Gasteiger partial charge in [-0.15, -0.1) is 0 Å². The highest BCUT2D eigenvalue weighted by Crippen LogP contribution is 2.24. The lowest BCUT2D eigenvalue weighted by Crippen LogP contribution is -2.37. The lowest BCUT2D eigenvalue weighted by molar-refractivity contribution is -0.139. The second kappa shape index (κ2) is 8.77. The molecule has 0 atom stereocenters. The number of hydrazone groups is 1. The Kier molecular flexibility index (Phi) is 5.96. The maximum absolute atomic E-state index is 11.7. The van der Waals surface area contributed by atoms with Gasteiger partial charge in [-0.05, 0) is 35.9 Å². The van der Waals surface area contributed by atoms with Crippen LogP contribution in [-0.2, 0) is 16.1 Å². The number of amides is 2. The fraction of sp³-hybridized carbons (Fsp3) is 0.0526. The summed E-state index contributed by atoms with van der Waals surface area (Å²) in [4.78, 5) is 27.4. The molecular formula is C19H15ClN4O3. The molecule has 3 aromatic rings. The summed E-state index contributed by atoms with van der Waals surface area (Å²) in [7, 11) is 0. The maximum atomic E-state index is 11.7. The number of hydrogen-bond acceptors (Lipinski definition) is 5. The number of aromatic nitrogens is 1. The van der Waals surface area contributed by atoms with E-state index in [1.54, 1.807) is 48.8 Å². The van der Waals surface area contributed by atoms with E-state index in [9.17, 15) is 9.59 Å². The monoisotopic (exact) mass is 382 g/mol. The van der Waals surface area contributed by atoms with Gasteiger partial charge in [-0.25, -0.2) is 5.43 Å². The number of benzene rings is 1. The smallest absolute Gasteiger partial charge is 0.329 e. The first-order valence-corrected chi connectivity index (χ1v) is 8.35. The van der Waals surface area contributed by atoms with Gasteiger partial charge in [-0.3, -0.25) is 14.6 Å². The predicted octanol–water partition coefficient (Wildman–Crippen LogP) is 2.76. The maximum Gasteiger partial charge on any atom is 0.329 e. The molecule has 0 aliphatic heterocycles. The molecule has 0 fully saturated rings. The molecule has 0 unspecified atom stereocenters. The minimum atomic E-state index is -0.878. The van der Waals surface area contributed by atoms with Gasteiger partial charge in [-0.1, -0.05) is 29.8 Å². The zero-order valence-electron chi connectivity index (χ0n) is 14.1. The Hall–Kier alpha value is -3.45. The number of pyridine rings is 1. The number of rotatable bonds is 5. The third kappa shape index (κ3) is 5.26. The SMILES string of the molecule is O=C(NCc1cccnc1)C(=O)NN=Cc1ccc(-c2cccc(Cl)c2)o1. The molecule has 0 bridgehead atoms. The van der Waals surface area contributed by atoms with Crippen molar-refractivity contribution in [1.29, 1.82) is 0 Å². The van der Waals surface area contributed by atoms with Crippen LogP contribution in [0, 0.1) is 0 Å². The molecule has 0 spiro atoms. The lowest BCUT2D eigenvalue weighted by atomic mass is 10.2. The molecule has 7 nitrogen and oxygen atoms in total. The Morgan fingerprint density at radius 1 is 1.15 bits per heavy atom. The second-order valence-corrected chi connectivity index (χ2v) is 5.89. The molecule has 27 heavy (non-hydrogen) atoms. The van der Waals surface area contributed by atoms with Crippen LogP contribution in [0.3, 0.4) is 0 Å². The number of nitrogens with zero attached hydrogens (tertiary/aromatic N) is 2. The molecule has 0 saturated heterocycles. The van der Waals surface area contributed by atoms with Crippen LogP contribution < -0.4 is 10.7 Å². The number of nitrogens with one attached hydrogen (secondary N) is 2. The van der Waals surface area contributed by atoms with E-state index in [1.165, 1.54) is 6.21 Å². The van der Waals surface area contributed by atoms with Crippen molar-refractivity contribution < 1.29 is 14.0 Å². The summed E-state index contributed by atoms with van der Waals surface area (Å²) >= 11 is 5.96. The van der Waals surface area contributed by atoms with Crippen molar-refractivity contribution in [3.8, 4) is 11.3 Å². The Labute approximate surface area is 160 Å². The fourth-order valence-corrected chi connectivity index (χ4v) is 2.38. The Morgan fingerprint density at radius 2 is 2.04 bits per heavy atom. The lowest BCUT2D eigenvalue weighted by Gasteiger charge is -2.03. The molecule has 2 aromatic heterocycles. The van der Waals surface area contributed by atoms with Crippen LogP contribution >= 0.6 is 11.6 Å². The van der Waals surface area contributed by atoms with Gasteiger partial charge in [0.15, 0.2) is 0 Å². The van der Waals surface area contributed by atoms with Gasteiger partial charge in [0.2, 0.25) is 0 Å². The van der Waals surface area contributed by atoms with Crippen LogP contribution in [0.15, 0.2) is 70.4 Å². The van der Waals surface area contributed by atoms with Gasteiger partial charge in [0.1, 0.15) is 11.5 Å². The van der Waals surface area contributed by atoms with Crippen molar-refractivity contribution >= 4 is 29.6 Å². The molecule has 0 aliphatic rings.